The molecule has 122 valence electrons. The fraction of sp³-hybridized carbons (Fsp3) is 0.286. The zero-order valence-corrected chi connectivity index (χ0v) is 14.6. The van der Waals surface area contributed by atoms with Crippen molar-refractivity contribution in [3.05, 3.63) is 34.1 Å². The van der Waals surface area contributed by atoms with Crippen molar-refractivity contribution in [2.75, 3.05) is 18.9 Å². The molecule has 0 spiro atoms. The van der Waals surface area contributed by atoms with E-state index in [1.54, 1.807) is 17.0 Å². The minimum Gasteiger partial charge on any atom is -0.460 e. The lowest BCUT2D eigenvalue weighted by Gasteiger charge is -2.03. The number of hydrogen-bond acceptors (Lipinski definition) is 8. The summed E-state index contributed by atoms with van der Waals surface area (Å²) in [7, 11) is 0. The fourth-order valence-electron chi connectivity index (χ4n) is 1.51. The van der Waals surface area contributed by atoms with Crippen LogP contribution in [0.15, 0.2) is 28.4 Å². The van der Waals surface area contributed by atoms with Gasteiger partial charge in [-0.1, -0.05) is 12.2 Å². The van der Waals surface area contributed by atoms with Crippen LogP contribution in [0.25, 0.3) is 10.7 Å². The summed E-state index contributed by atoms with van der Waals surface area (Å²) in [6.45, 7) is -0.00401. The second-order valence-electron chi connectivity index (χ2n) is 4.26. The van der Waals surface area contributed by atoms with E-state index in [1.807, 2.05) is 11.5 Å². The van der Waals surface area contributed by atoms with Gasteiger partial charge in [0.05, 0.1) is 5.51 Å². The number of esters is 1. The summed E-state index contributed by atoms with van der Waals surface area (Å²) in [5, 5.41) is 6.66. The number of carbonyl (C=O) groups is 2. The molecular weight excluding hydrogens is 354 g/mol. The molecule has 0 aliphatic carbocycles. The standard InChI is InChI=1S/C14H15N3O3S3/c18-12(20-4-2-1-3-5-21)6-15-13(19)10-8-23-14(17-10)11-7-22-9-16-11/h1-2,7-9,21H,3-6H2,(H,15,19)/b2-1+. The number of nitrogens with zero attached hydrogens (tertiary/aromatic N) is 2. The number of ether oxygens (including phenoxy) is 1. The van der Waals surface area contributed by atoms with Gasteiger partial charge in [-0.3, -0.25) is 9.59 Å². The lowest BCUT2D eigenvalue weighted by molar-refractivity contribution is -0.141. The Morgan fingerprint density at radius 1 is 1.35 bits per heavy atom. The van der Waals surface area contributed by atoms with Gasteiger partial charge in [-0.2, -0.15) is 12.6 Å². The molecule has 0 unspecified atom stereocenters. The zero-order chi connectivity index (χ0) is 16.5. The first-order valence-corrected chi connectivity index (χ1v) is 9.20. The van der Waals surface area contributed by atoms with Gasteiger partial charge in [-0.25, -0.2) is 9.97 Å². The maximum atomic E-state index is 11.9. The molecule has 0 aliphatic heterocycles. The minimum atomic E-state index is -0.496. The number of thiazole rings is 2. The third-order valence-electron chi connectivity index (χ3n) is 2.58. The molecule has 1 amide bonds. The highest BCUT2D eigenvalue weighted by Crippen LogP contribution is 2.23. The molecule has 0 fully saturated rings. The van der Waals surface area contributed by atoms with Gasteiger partial charge in [-0.05, 0) is 12.2 Å². The van der Waals surface area contributed by atoms with Crippen LogP contribution in [0.4, 0.5) is 0 Å². The van der Waals surface area contributed by atoms with Crippen LogP contribution in [0, 0.1) is 0 Å². The summed E-state index contributed by atoms with van der Waals surface area (Å²) in [6, 6.07) is 0. The fourth-order valence-corrected chi connectivity index (χ4v) is 3.04. The molecule has 0 bridgehead atoms. The number of allylic oxidation sites excluding steroid dienone is 1. The van der Waals surface area contributed by atoms with E-state index < -0.39 is 11.9 Å². The number of nitrogens with one attached hydrogen (secondary N) is 1. The molecule has 0 saturated carbocycles. The molecule has 2 aromatic rings. The van der Waals surface area contributed by atoms with Crippen molar-refractivity contribution in [1.82, 2.24) is 15.3 Å². The highest BCUT2D eigenvalue weighted by atomic mass is 32.1. The van der Waals surface area contributed by atoms with E-state index in [9.17, 15) is 9.59 Å². The number of carbonyl (C=O) groups excluding carboxylic acids is 2. The number of hydrogen-bond donors (Lipinski definition) is 2. The molecule has 6 nitrogen and oxygen atoms in total. The van der Waals surface area contributed by atoms with Crippen LogP contribution in [-0.4, -0.2) is 40.7 Å². The molecule has 2 heterocycles. The Balaban J connectivity index is 1.75. The lowest BCUT2D eigenvalue weighted by atomic mass is 10.4. The molecule has 0 radical (unpaired) electrons. The Kier molecular flexibility index (Phi) is 7.24. The first-order valence-electron chi connectivity index (χ1n) is 6.74. The topological polar surface area (TPSA) is 81.2 Å². The number of rotatable bonds is 8. The van der Waals surface area contributed by atoms with Crippen molar-refractivity contribution in [3.8, 4) is 10.7 Å². The summed E-state index contributed by atoms with van der Waals surface area (Å²) in [6.07, 6.45) is 4.45. The number of thiol groups is 1. The minimum absolute atomic E-state index is 0.188. The highest BCUT2D eigenvalue weighted by molar-refractivity contribution is 7.80. The van der Waals surface area contributed by atoms with E-state index >= 15 is 0 Å². The monoisotopic (exact) mass is 369 g/mol. The predicted octanol–water partition coefficient (Wildman–Crippen LogP) is 2.42. The Labute approximate surface area is 147 Å². The van der Waals surface area contributed by atoms with Gasteiger partial charge >= 0.3 is 5.97 Å². The van der Waals surface area contributed by atoms with Gasteiger partial charge in [0.25, 0.3) is 5.91 Å². The van der Waals surface area contributed by atoms with E-state index in [1.165, 1.54) is 22.7 Å². The highest BCUT2D eigenvalue weighted by Gasteiger charge is 2.14. The van der Waals surface area contributed by atoms with Crippen LogP contribution in [0.2, 0.25) is 0 Å². The molecule has 0 atom stereocenters. The summed E-state index contributed by atoms with van der Waals surface area (Å²) < 4.78 is 4.95. The van der Waals surface area contributed by atoms with Crippen LogP contribution in [-0.2, 0) is 9.53 Å². The van der Waals surface area contributed by atoms with Gasteiger partial charge < -0.3 is 10.1 Å². The van der Waals surface area contributed by atoms with Gasteiger partial charge in [-0.15, -0.1) is 22.7 Å². The number of aromatic nitrogens is 2. The van der Waals surface area contributed by atoms with E-state index in [4.69, 9.17) is 4.74 Å². The molecule has 0 saturated heterocycles. The Bertz CT molecular complexity index is 668. The van der Waals surface area contributed by atoms with E-state index in [-0.39, 0.29) is 18.8 Å². The third-order valence-corrected chi connectivity index (χ3v) is 4.29. The maximum absolute atomic E-state index is 11.9. The largest absolute Gasteiger partial charge is 0.460 e. The summed E-state index contributed by atoms with van der Waals surface area (Å²) in [5.41, 5.74) is 2.71. The van der Waals surface area contributed by atoms with Gasteiger partial charge in [0.2, 0.25) is 0 Å². The molecule has 0 aromatic carbocycles. The molecular formula is C14H15N3O3S3. The number of amides is 1. The zero-order valence-electron chi connectivity index (χ0n) is 12.1. The van der Waals surface area contributed by atoms with Crippen molar-refractivity contribution in [3.63, 3.8) is 0 Å². The maximum Gasteiger partial charge on any atom is 0.325 e. The first kappa shape index (κ1) is 17.6. The average molecular weight is 369 g/mol. The van der Waals surface area contributed by atoms with Crippen molar-refractivity contribution in [1.29, 1.82) is 0 Å². The van der Waals surface area contributed by atoms with Gasteiger partial charge in [0.1, 0.15) is 29.5 Å². The average Bonchev–Trinajstić information content (AvgIpc) is 3.22. The van der Waals surface area contributed by atoms with Crippen molar-refractivity contribution < 1.29 is 14.3 Å². The van der Waals surface area contributed by atoms with Gasteiger partial charge in [0, 0.05) is 10.8 Å². The van der Waals surface area contributed by atoms with Gasteiger partial charge in [0.15, 0.2) is 0 Å². The summed E-state index contributed by atoms with van der Waals surface area (Å²) in [5.74, 6) is -0.161. The molecule has 2 aromatic heterocycles. The quantitative estimate of drug-likeness (QED) is 0.424. The lowest BCUT2D eigenvalue weighted by Crippen LogP contribution is -2.30. The van der Waals surface area contributed by atoms with Crippen LogP contribution >= 0.6 is 35.3 Å². The Morgan fingerprint density at radius 3 is 2.96 bits per heavy atom. The van der Waals surface area contributed by atoms with Crippen molar-refractivity contribution in [2.24, 2.45) is 0 Å². The third kappa shape index (κ3) is 5.77. The van der Waals surface area contributed by atoms with E-state index in [0.717, 1.165) is 17.9 Å². The first-order chi connectivity index (χ1) is 11.2. The van der Waals surface area contributed by atoms with E-state index in [2.05, 4.69) is 27.9 Å². The Hall–Kier alpha value is -1.71. The van der Waals surface area contributed by atoms with E-state index in [0.29, 0.717) is 5.01 Å². The van der Waals surface area contributed by atoms with Crippen molar-refractivity contribution >= 4 is 47.2 Å². The molecule has 23 heavy (non-hydrogen) atoms. The summed E-state index contributed by atoms with van der Waals surface area (Å²) in [4.78, 5) is 31.8. The second-order valence-corrected chi connectivity index (χ2v) is 6.28. The molecule has 9 heteroatoms. The SMILES string of the molecule is O=C(CNC(=O)c1csc(-c2cscn2)n1)OC/C=C/CCS. The van der Waals surface area contributed by atoms with Crippen LogP contribution in [0.3, 0.4) is 0 Å². The Morgan fingerprint density at radius 2 is 2.22 bits per heavy atom. The molecule has 1 N–H and O–H groups in total. The molecule has 2 rings (SSSR count). The predicted molar refractivity (Wildman–Crippen MR) is 94.1 cm³/mol. The summed E-state index contributed by atoms with van der Waals surface area (Å²) >= 11 is 6.85. The van der Waals surface area contributed by atoms with Crippen LogP contribution in [0.5, 0.6) is 0 Å². The van der Waals surface area contributed by atoms with Crippen molar-refractivity contribution in [2.45, 2.75) is 6.42 Å². The normalized spacial score (nSPS) is 10.8. The van der Waals surface area contributed by atoms with Crippen LogP contribution < -0.4 is 5.32 Å². The van der Waals surface area contributed by atoms with Crippen LogP contribution in [0.1, 0.15) is 16.9 Å². The smallest absolute Gasteiger partial charge is 0.325 e. The second kappa shape index (κ2) is 9.43. The molecule has 0 aliphatic rings.